The van der Waals surface area contributed by atoms with Crippen molar-refractivity contribution in [3.63, 3.8) is 0 Å². The van der Waals surface area contributed by atoms with Crippen molar-refractivity contribution in [1.82, 2.24) is 15.2 Å². The Morgan fingerprint density at radius 2 is 2.08 bits per heavy atom. The molecular formula is C18H20FN3O2. The molecular weight excluding hydrogens is 309 g/mol. The molecule has 1 saturated heterocycles. The number of piperidine rings is 1. The largest absolute Gasteiger partial charge is 0.361 e. The van der Waals surface area contributed by atoms with Gasteiger partial charge in [-0.2, -0.15) is 0 Å². The predicted molar refractivity (Wildman–Crippen MR) is 87.4 cm³/mol. The molecule has 1 amide bonds. The molecule has 1 aromatic heterocycles. The lowest BCUT2D eigenvalue weighted by molar-refractivity contribution is -0.0572. The zero-order chi connectivity index (χ0) is 16.9. The molecule has 1 aliphatic rings. The van der Waals surface area contributed by atoms with E-state index in [1.807, 2.05) is 17.0 Å². The number of carbonyl (C=O) groups is 1. The Morgan fingerprint density at radius 1 is 1.29 bits per heavy atom. The average molecular weight is 329 g/mol. The van der Waals surface area contributed by atoms with E-state index in [1.165, 1.54) is 24.3 Å². The maximum Gasteiger partial charge on any atom is 0.254 e. The summed E-state index contributed by atoms with van der Waals surface area (Å²) in [6.45, 7) is 0.685. The van der Waals surface area contributed by atoms with E-state index in [2.05, 4.69) is 10.3 Å². The number of carbonyl (C=O) groups excluding carboxylic acids is 1. The minimum Gasteiger partial charge on any atom is -0.361 e. The van der Waals surface area contributed by atoms with E-state index in [1.54, 1.807) is 12.4 Å². The maximum atomic E-state index is 12.9. The van der Waals surface area contributed by atoms with Crippen LogP contribution < -0.4 is 5.32 Å². The number of hydrogen-bond acceptors (Lipinski definition) is 4. The van der Waals surface area contributed by atoms with Gasteiger partial charge in [-0.3, -0.25) is 14.7 Å². The number of benzene rings is 1. The Kier molecular flexibility index (Phi) is 5.17. The lowest BCUT2D eigenvalue weighted by Gasteiger charge is -2.38. The van der Waals surface area contributed by atoms with Gasteiger partial charge in [0.25, 0.3) is 5.91 Å². The molecule has 2 heterocycles. The first kappa shape index (κ1) is 16.5. The average Bonchev–Trinajstić information content (AvgIpc) is 2.63. The van der Waals surface area contributed by atoms with Crippen LogP contribution in [0.3, 0.4) is 0 Å². The molecule has 3 rings (SSSR count). The third-order valence-corrected chi connectivity index (χ3v) is 4.29. The molecule has 2 N–H and O–H groups in total. The standard InChI is InChI=1S/C18H20FN3O2/c19-15-8-6-13(7-9-15)17(23)21-18(24)22-11-2-1-5-16(22)14-4-3-10-20-12-14/h3-4,6-10,12,16,18,24H,1-2,5,11H2,(H,21,23). The van der Waals surface area contributed by atoms with Gasteiger partial charge in [-0.25, -0.2) is 4.39 Å². The fourth-order valence-corrected chi connectivity index (χ4v) is 3.06. The monoisotopic (exact) mass is 329 g/mol. The van der Waals surface area contributed by atoms with Crippen LogP contribution in [0.4, 0.5) is 4.39 Å². The Balaban J connectivity index is 1.71. The van der Waals surface area contributed by atoms with Crippen molar-refractivity contribution in [2.75, 3.05) is 6.54 Å². The van der Waals surface area contributed by atoms with Gasteiger partial charge in [0, 0.05) is 30.5 Å². The normalized spacial score (nSPS) is 19.7. The molecule has 126 valence electrons. The molecule has 5 nitrogen and oxygen atoms in total. The molecule has 1 aromatic carbocycles. The minimum atomic E-state index is -1.10. The first-order valence-corrected chi connectivity index (χ1v) is 8.05. The quantitative estimate of drug-likeness (QED) is 0.846. The van der Waals surface area contributed by atoms with Crippen LogP contribution in [0, 0.1) is 5.82 Å². The van der Waals surface area contributed by atoms with Gasteiger partial charge >= 0.3 is 0 Å². The van der Waals surface area contributed by atoms with Crippen LogP contribution in [-0.4, -0.2) is 33.8 Å². The second-order valence-electron chi connectivity index (χ2n) is 5.89. The summed E-state index contributed by atoms with van der Waals surface area (Å²) in [5, 5.41) is 13.1. The van der Waals surface area contributed by atoms with Crippen molar-refractivity contribution in [2.45, 2.75) is 31.7 Å². The van der Waals surface area contributed by atoms with E-state index in [0.29, 0.717) is 12.1 Å². The Bertz CT molecular complexity index is 678. The maximum absolute atomic E-state index is 12.9. The van der Waals surface area contributed by atoms with Crippen molar-refractivity contribution >= 4 is 5.91 Å². The topological polar surface area (TPSA) is 65.5 Å². The van der Waals surface area contributed by atoms with Gasteiger partial charge in [0.05, 0.1) is 0 Å². The van der Waals surface area contributed by atoms with Crippen LogP contribution in [-0.2, 0) is 0 Å². The number of likely N-dealkylation sites (tertiary alicyclic amines) is 1. The van der Waals surface area contributed by atoms with E-state index in [4.69, 9.17) is 0 Å². The van der Waals surface area contributed by atoms with Crippen molar-refractivity contribution in [1.29, 1.82) is 0 Å². The summed E-state index contributed by atoms with van der Waals surface area (Å²) in [5.74, 6) is -0.835. The highest BCUT2D eigenvalue weighted by Crippen LogP contribution is 2.31. The number of amides is 1. The first-order valence-electron chi connectivity index (χ1n) is 8.05. The SMILES string of the molecule is O=C(NC(O)N1CCCCC1c1cccnc1)c1ccc(F)cc1. The van der Waals surface area contributed by atoms with Crippen molar-refractivity contribution in [3.8, 4) is 0 Å². The summed E-state index contributed by atoms with van der Waals surface area (Å²) in [6, 6.07) is 9.09. The summed E-state index contributed by atoms with van der Waals surface area (Å²) in [7, 11) is 0. The lowest BCUT2D eigenvalue weighted by Crippen LogP contribution is -2.51. The Hall–Kier alpha value is -2.31. The van der Waals surface area contributed by atoms with Crippen LogP contribution >= 0.6 is 0 Å². The fourth-order valence-electron chi connectivity index (χ4n) is 3.06. The third-order valence-electron chi connectivity index (χ3n) is 4.29. The number of aliphatic hydroxyl groups excluding tert-OH is 1. The van der Waals surface area contributed by atoms with Crippen molar-refractivity contribution < 1.29 is 14.3 Å². The molecule has 0 bridgehead atoms. The number of hydrogen-bond donors (Lipinski definition) is 2. The van der Waals surface area contributed by atoms with Crippen LogP contribution in [0.25, 0.3) is 0 Å². The zero-order valence-electron chi connectivity index (χ0n) is 13.2. The van der Waals surface area contributed by atoms with E-state index < -0.39 is 18.1 Å². The molecule has 1 fully saturated rings. The van der Waals surface area contributed by atoms with Crippen LogP contribution in [0.2, 0.25) is 0 Å². The molecule has 2 unspecified atom stereocenters. The van der Waals surface area contributed by atoms with Gasteiger partial charge in [-0.1, -0.05) is 12.5 Å². The molecule has 0 spiro atoms. The highest BCUT2D eigenvalue weighted by Gasteiger charge is 2.30. The molecule has 0 saturated carbocycles. The minimum absolute atomic E-state index is 0.0102. The number of pyridine rings is 1. The molecule has 2 aromatic rings. The summed E-state index contributed by atoms with van der Waals surface area (Å²) in [4.78, 5) is 18.2. The van der Waals surface area contributed by atoms with Gasteiger partial charge in [-0.05, 0) is 48.7 Å². The van der Waals surface area contributed by atoms with E-state index >= 15 is 0 Å². The molecule has 2 atom stereocenters. The van der Waals surface area contributed by atoms with Crippen LogP contribution in [0.1, 0.15) is 41.2 Å². The third kappa shape index (κ3) is 3.77. The Morgan fingerprint density at radius 3 is 2.79 bits per heavy atom. The van der Waals surface area contributed by atoms with Gasteiger partial charge in [-0.15, -0.1) is 0 Å². The highest BCUT2D eigenvalue weighted by molar-refractivity contribution is 5.94. The second-order valence-corrected chi connectivity index (χ2v) is 5.89. The first-order chi connectivity index (χ1) is 11.6. The number of nitrogens with zero attached hydrogens (tertiary/aromatic N) is 2. The summed E-state index contributed by atoms with van der Waals surface area (Å²) in [6.07, 6.45) is 5.32. The van der Waals surface area contributed by atoms with Crippen LogP contribution in [0.15, 0.2) is 48.8 Å². The number of nitrogens with one attached hydrogen (secondary N) is 1. The molecule has 6 heteroatoms. The molecule has 24 heavy (non-hydrogen) atoms. The smallest absolute Gasteiger partial charge is 0.254 e. The van der Waals surface area contributed by atoms with Crippen molar-refractivity contribution in [3.05, 3.63) is 65.7 Å². The summed E-state index contributed by atoms with van der Waals surface area (Å²) in [5.41, 5.74) is 1.33. The molecule has 0 radical (unpaired) electrons. The molecule has 0 aliphatic carbocycles. The predicted octanol–water partition coefficient (Wildman–Crippen LogP) is 2.45. The number of aliphatic hydroxyl groups is 1. The number of rotatable bonds is 4. The van der Waals surface area contributed by atoms with E-state index in [9.17, 15) is 14.3 Å². The van der Waals surface area contributed by atoms with Gasteiger partial charge in [0.2, 0.25) is 0 Å². The van der Waals surface area contributed by atoms with Gasteiger partial charge in [0.15, 0.2) is 6.35 Å². The number of aromatic nitrogens is 1. The van der Waals surface area contributed by atoms with Crippen molar-refractivity contribution in [2.24, 2.45) is 0 Å². The summed E-state index contributed by atoms with van der Waals surface area (Å²) >= 11 is 0. The number of halogens is 1. The molecule has 1 aliphatic heterocycles. The second kappa shape index (κ2) is 7.51. The zero-order valence-corrected chi connectivity index (χ0v) is 13.2. The fraction of sp³-hybridized carbons (Fsp3) is 0.333. The van der Waals surface area contributed by atoms with E-state index in [-0.39, 0.29) is 6.04 Å². The van der Waals surface area contributed by atoms with E-state index in [0.717, 1.165) is 24.8 Å². The van der Waals surface area contributed by atoms with Crippen LogP contribution in [0.5, 0.6) is 0 Å². The van der Waals surface area contributed by atoms with Gasteiger partial charge in [0.1, 0.15) is 5.82 Å². The lowest BCUT2D eigenvalue weighted by atomic mass is 9.96. The Labute approximate surface area is 140 Å². The highest BCUT2D eigenvalue weighted by atomic mass is 19.1. The van der Waals surface area contributed by atoms with Gasteiger partial charge < -0.3 is 10.4 Å². The summed E-state index contributed by atoms with van der Waals surface area (Å²) < 4.78 is 12.9.